The van der Waals surface area contributed by atoms with E-state index in [2.05, 4.69) is 55.4 Å². The van der Waals surface area contributed by atoms with Crippen LogP contribution in [-0.2, 0) is 0 Å². The largest absolute Gasteiger partial charge is 0.0654 e. The highest BCUT2D eigenvalue weighted by atomic mass is 14.6. The van der Waals surface area contributed by atoms with E-state index in [-0.39, 0.29) is 0 Å². The summed E-state index contributed by atoms with van der Waals surface area (Å²) in [7, 11) is 0. The van der Waals surface area contributed by atoms with Crippen molar-refractivity contribution in [1.29, 1.82) is 0 Å². The highest BCUT2D eigenvalue weighted by Gasteiger charge is 2.59. The van der Waals surface area contributed by atoms with Gasteiger partial charge < -0.3 is 0 Å². The first-order valence-electron chi connectivity index (χ1n) is 41.5. The zero-order valence-electron chi connectivity index (χ0n) is 61.1. The fraction of sp³-hybridized carbons (Fsp3) is 1.00. The lowest BCUT2D eigenvalue weighted by Crippen LogP contribution is -2.54. The van der Waals surface area contributed by atoms with Gasteiger partial charge in [0.05, 0.1) is 0 Å². The second-order valence-corrected chi connectivity index (χ2v) is 29.8. The summed E-state index contributed by atoms with van der Waals surface area (Å²) >= 11 is 0. The van der Waals surface area contributed by atoms with Crippen LogP contribution in [0.3, 0.4) is 0 Å². The van der Waals surface area contributed by atoms with Crippen LogP contribution in [0, 0.1) is 16.2 Å². The van der Waals surface area contributed by atoms with Gasteiger partial charge in [0.25, 0.3) is 0 Å². The molecule has 0 nitrogen and oxygen atoms in total. The minimum absolute atomic E-state index is 0.470. The van der Waals surface area contributed by atoms with Crippen molar-refractivity contribution in [2.45, 2.75) is 524 Å². The molecule has 0 aliphatic carbocycles. The molecule has 0 aromatic heterocycles. The Morgan fingerprint density at radius 3 is 0.321 bits per heavy atom. The van der Waals surface area contributed by atoms with Crippen LogP contribution >= 0.6 is 0 Å². The van der Waals surface area contributed by atoms with E-state index in [0.717, 1.165) is 0 Å². The Balaban J connectivity index is 8.25. The number of rotatable bonds is 75. The standard InChI is InChI=1S/C84H170/c1-9-17-25-33-40-45-47-51-56-63-71-79-83(77-69-61-54-49-43-36-28-20-12-4,78-70-62-55-50-46-41-34-26-18-10-2)84(80-72-64-52-38-30-22-14-6,81-73-65-57-44-37-29-21-13-5)82(74-66-58-32-24-16-8,75-67-59-39-31-23-15-7)76-68-60-53-48-42-35-27-19-11-3/h9-81H2,1-8H3. The van der Waals surface area contributed by atoms with Gasteiger partial charge in [-0.15, -0.1) is 0 Å². The Morgan fingerprint density at radius 1 is 0.107 bits per heavy atom. The third kappa shape index (κ3) is 47.0. The summed E-state index contributed by atoms with van der Waals surface area (Å²) in [4.78, 5) is 0. The van der Waals surface area contributed by atoms with Crippen LogP contribution in [0.2, 0.25) is 0 Å². The van der Waals surface area contributed by atoms with Crippen molar-refractivity contribution in [3.63, 3.8) is 0 Å². The molecule has 0 saturated heterocycles. The highest BCUT2D eigenvalue weighted by Crippen LogP contribution is 2.69. The minimum atomic E-state index is 0.470. The molecule has 0 amide bonds. The van der Waals surface area contributed by atoms with Gasteiger partial charge in [-0.25, -0.2) is 0 Å². The number of hydrogen-bond donors (Lipinski definition) is 0. The highest BCUT2D eigenvalue weighted by molar-refractivity contribution is 5.08. The van der Waals surface area contributed by atoms with Gasteiger partial charge in [0.15, 0.2) is 0 Å². The molecule has 0 aromatic rings. The minimum Gasteiger partial charge on any atom is -0.0654 e. The van der Waals surface area contributed by atoms with Gasteiger partial charge in [-0.3, -0.25) is 0 Å². The van der Waals surface area contributed by atoms with Gasteiger partial charge in [-0.2, -0.15) is 0 Å². The molecule has 0 N–H and O–H groups in total. The molecule has 0 bridgehead atoms. The van der Waals surface area contributed by atoms with E-state index in [9.17, 15) is 0 Å². The fourth-order valence-electron chi connectivity index (χ4n) is 16.8. The topological polar surface area (TPSA) is 0 Å². The van der Waals surface area contributed by atoms with Crippen molar-refractivity contribution in [3.8, 4) is 0 Å². The average molecular weight is 1180 g/mol. The molecular weight excluding hydrogens is 1010 g/mol. The lowest BCUT2D eigenvalue weighted by molar-refractivity contribution is -0.140. The van der Waals surface area contributed by atoms with Crippen LogP contribution in [0.15, 0.2) is 0 Å². The lowest BCUT2D eigenvalue weighted by Gasteiger charge is -2.64. The summed E-state index contributed by atoms with van der Waals surface area (Å²) in [6.45, 7) is 19.3. The molecule has 3 unspecified atom stereocenters. The molecule has 506 valence electrons. The zero-order valence-corrected chi connectivity index (χ0v) is 61.1. The molecule has 0 aliphatic heterocycles. The Kier molecular flexibility index (Phi) is 67.4. The Hall–Kier alpha value is 0. The second-order valence-electron chi connectivity index (χ2n) is 29.8. The van der Waals surface area contributed by atoms with Crippen LogP contribution in [0.25, 0.3) is 0 Å². The maximum atomic E-state index is 2.47. The van der Waals surface area contributed by atoms with Gasteiger partial charge in [0.1, 0.15) is 0 Å². The van der Waals surface area contributed by atoms with Crippen molar-refractivity contribution in [1.82, 2.24) is 0 Å². The Labute approximate surface area is 537 Å². The first kappa shape index (κ1) is 84.0. The van der Waals surface area contributed by atoms with Gasteiger partial charge in [0, 0.05) is 0 Å². The maximum Gasteiger partial charge on any atom is -0.0184 e. The quantitative estimate of drug-likeness (QED) is 0.0533. The molecular formula is C84H170. The van der Waals surface area contributed by atoms with E-state index in [4.69, 9.17) is 0 Å². The number of unbranched alkanes of at least 4 members (excludes halogenated alkanes) is 57. The van der Waals surface area contributed by atoms with Gasteiger partial charge in [-0.05, 0) is 67.6 Å². The predicted octanol–water partition coefficient (Wildman–Crippen LogP) is 32.6. The Morgan fingerprint density at radius 2 is 0.202 bits per heavy atom. The van der Waals surface area contributed by atoms with Crippen LogP contribution in [-0.4, -0.2) is 0 Å². The lowest BCUT2D eigenvalue weighted by atomic mass is 9.41. The van der Waals surface area contributed by atoms with E-state index in [1.807, 2.05) is 0 Å². The molecule has 3 atom stereocenters. The van der Waals surface area contributed by atoms with Crippen LogP contribution in [0.4, 0.5) is 0 Å². The SMILES string of the molecule is CCCCCCCCCCCCCC(CCCCCCCCCCC)(CCCCCCCCCCCC)C(CCCCCCCCC)(CCCCCCCCCC)C(CCCCCCC)(CCCCCCCC)CCCCCCCCCCC. The van der Waals surface area contributed by atoms with E-state index in [1.54, 1.807) is 51.4 Å². The molecule has 0 saturated carbocycles. The van der Waals surface area contributed by atoms with Crippen LogP contribution in [0.5, 0.6) is 0 Å². The zero-order chi connectivity index (χ0) is 61.1. The molecule has 0 rings (SSSR count). The third-order valence-corrected chi connectivity index (χ3v) is 22.2. The first-order valence-corrected chi connectivity index (χ1v) is 41.5. The molecule has 0 heterocycles. The first-order chi connectivity index (χ1) is 41.5. The smallest absolute Gasteiger partial charge is 0.0184 e. The number of hydrogen-bond acceptors (Lipinski definition) is 0. The molecule has 0 aromatic carbocycles. The summed E-state index contributed by atoms with van der Waals surface area (Å²) in [6, 6.07) is 0. The predicted molar refractivity (Wildman–Crippen MR) is 390 cm³/mol. The van der Waals surface area contributed by atoms with Gasteiger partial charge in [-0.1, -0.05) is 473 Å². The van der Waals surface area contributed by atoms with Crippen LogP contribution in [0.1, 0.15) is 524 Å². The summed E-state index contributed by atoms with van der Waals surface area (Å²) in [6.07, 6.45) is 109. The van der Waals surface area contributed by atoms with E-state index < -0.39 is 0 Å². The molecule has 0 radical (unpaired) electrons. The summed E-state index contributed by atoms with van der Waals surface area (Å²) < 4.78 is 0. The van der Waals surface area contributed by atoms with Crippen molar-refractivity contribution >= 4 is 0 Å². The van der Waals surface area contributed by atoms with Gasteiger partial charge >= 0.3 is 0 Å². The van der Waals surface area contributed by atoms with Gasteiger partial charge in [0.2, 0.25) is 0 Å². The monoisotopic (exact) mass is 1180 g/mol. The molecule has 0 aliphatic rings. The van der Waals surface area contributed by atoms with Crippen molar-refractivity contribution in [2.24, 2.45) is 16.2 Å². The molecule has 0 spiro atoms. The maximum absolute atomic E-state index is 2.47. The van der Waals surface area contributed by atoms with E-state index in [0.29, 0.717) is 16.2 Å². The van der Waals surface area contributed by atoms with Crippen molar-refractivity contribution in [3.05, 3.63) is 0 Å². The second kappa shape index (κ2) is 67.4. The summed E-state index contributed by atoms with van der Waals surface area (Å²) in [5, 5.41) is 0. The average Bonchev–Trinajstić information content (AvgIpc) is 1.54. The normalized spacial score (nSPS) is 14.1. The summed E-state index contributed by atoms with van der Waals surface area (Å²) in [5.74, 6) is 0. The third-order valence-electron chi connectivity index (χ3n) is 22.2. The van der Waals surface area contributed by atoms with E-state index >= 15 is 0 Å². The fourth-order valence-corrected chi connectivity index (χ4v) is 16.8. The van der Waals surface area contributed by atoms with Crippen LogP contribution < -0.4 is 0 Å². The molecule has 0 fully saturated rings. The molecule has 0 heteroatoms. The summed E-state index contributed by atoms with van der Waals surface area (Å²) in [5.41, 5.74) is 1.45. The van der Waals surface area contributed by atoms with E-state index in [1.165, 1.54) is 417 Å². The molecule has 84 heavy (non-hydrogen) atoms. The van der Waals surface area contributed by atoms with Crippen molar-refractivity contribution in [2.75, 3.05) is 0 Å². The van der Waals surface area contributed by atoms with Crippen molar-refractivity contribution < 1.29 is 0 Å². The Bertz CT molecular complexity index is 1180.